The van der Waals surface area contributed by atoms with Gasteiger partial charge < -0.3 is 0 Å². The fourth-order valence-corrected chi connectivity index (χ4v) is 1.49. The fraction of sp³-hybridized carbons (Fsp3) is 0.700. The van der Waals surface area contributed by atoms with Crippen LogP contribution < -0.4 is 0 Å². The Balaban J connectivity index is 2.42. The molecule has 10 heavy (non-hydrogen) atoms. The van der Waals surface area contributed by atoms with Gasteiger partial charge in [0.05, 0.1) is 19.8 Å². The zero-order valence-electron chi connectivity index (χ0n) is 7.28. The maximum Gasteiger partial charge on any atom is 0.103 e. The highest BCUT2D eigenvalue weighted by Crippen LogP contribution is 2.29. The SMILES string of the molecule is CC1=CCC([C+](C)C)CC1. The smallest absolute Gasteiger partial charge is 0.0811 e. The van der Waals surface area contributed by atoms with E-state index in [1.54, 1.807) is 11.5 Å². The Bertz CT molecular complexity index is 131. The van der Waals surface area contributed by atoms with E-state index in [0.29, 0.717) is 0 Å². The van der Waals surface area contributed by atoms with Crippen LogP contribution in [0.25, 0.3) is 0 Å². The summed E-state index contributed by atoms with van der Waals surface area (Å²) in [6, 6.07) is 0. The Morgan fingerprint density at radius 3 is 2.60 bits per heavy atom. The maximum atomic E-state index is 2.39. The highest BCUT2D eigenvalue weighted by Gasteiger charge is 2.23. The third-order valence-corrected chi connectivity index (χ3v) is 2.45. The molecule has 0 aromatic carbocycles. The lowest BCUT2D eigenvalue weighted by Gasteiger charge is -2.16. The lowest BCUT2D eigenvalue weighted by Crippen LogP contribution is -2.09. The summed E-state index contributed by atoms with van der Waals surface area (Å²) < 4.78 is 0. The lowest BCUT2D eigenvalue weighted by molar-refractivity contribution is 0.488. The van der Waals surface area contributed by atoms with Gasteiger partial charge in [-0.2, -0.15) is 0 Å². The van der Waals surface area contributed by atoms with E-state index < -0.39 is 0 Å². The molecule has 0 amide bonds. The molecule has 0 fully saturated rings. The molecule has 0 saturated carbocycles. The topological polar surface area (TPSA) is 0 Å². The van der Waals surface area contributed by atoms with Crippen molar-refractivity contribution in [3.8, 4) is 0 Å². The van der Waals surface area contributed by atoms with Gasteiger partial charge >= 0.3 is 0 Å². The number of rotatable bonds is 1. The van der Waals surface area contributed by atoms with Gasteiger partial charge in [-0.1, -0.05) is 11.6 Å². The van der Waals surface area contributed by atoms with Crippen LogP contribution in [0, 0.1) is 11.8 Å². The second-order valence-corrected chi connectivity index (χ2v) is 3.60. The van der Waals surface area contributed by atoms with E-state index in [1.165, 1.54) is 19.3 Å². The molecule has 1 unspecified atom stereocenters. The summed E-state index contributed by atoms with van der Waals surface area (Å²) in [5.74, 6) is 2.48. The van der Waals surface area contributed by atoms with Crippen LogP contribution in [-0.2, 0) is 0 Å². The van der Waals surface area contributed by atoms with E-state index >= 15 is 0 Å². The van der Waals surface area contributed by atoms with Crippen LogP contribution in [0.5, 0.6) is 0 Å². The summed E-state index contributed by atoms with van der Waals surface area (Å²) >= 11 is 0. The van der Waals surface area contributed by atoms with Gasteiger partial charge in [0.2, 0.25) is 0 Å². The van der Waals surface area contributed by atoms with Gasteiger partial charge in [0.15, 0.2) is 0 Å². The number of hydrogen-bond acceptors (Lipinski definition) is 0. The predicted octanol–water partition coefficient (Wildman–Crippen LogP) is 3.35. The van der Waals surface area contributed by atoms with Crippen molar-refractivity contribution in [2.24, 2.45) is 5.92 Å². The monoisotopic (exact) mass is 137 g/mol. The quantitative estimate of drug-likeness (QED) is 0.384. The van der Waals surface area contributed by atoms with Crippen molar-refractivity contribution >= 4 is 0 Å². The molecule has 0 bridgehead atoms. The van der Waals surface area contributed by atoms with Crippen LogP contribution in [0.15, 0.2) is 11.6 Å². The first-order valence-electron chi connectivity index (χ1n) is 4.16. The highest BCUT2D eigenvalue weighted by molar-refractivity contribution is 5.07. The van der Waals surface area contributed by atoms with Gasteiger partial charge in [0, 0.05) is 6.42 Å². The first-order valence-corrected chi connectivity index (χ1v) is 4.16. The van der Waals surface area contributed by atoms with Gasteiger partial charge in [0.1, 0.15) is 5.92 Å². The minimum absolute atomic E-state index is 0.878. The van der Waals surface area contributed by atoms with E-state index in [9.17, 15) is 0 Å². The molecule has 0 heterocycles. The predicted molar refractivity (Wildman–Crippen MR) is 45.7 cm³/mol. The Morgan fingerprint density at radius 1 is 1.50 bits per heavy atom. The second-order valence-electron chi connectivity index (χ2n) is 3.60. The molecule has 0 nitrogen and oxygen atoms in total. The molecular formula is C10H17+. The van der Waals surface area contributed by atoms with Gasteiger partial charge in [-0.25, -0.2) is 0 Å². The molecule has 0 spiro atoms. The highest BCUT2D eigenvalue weighted by atomic mass is 14.2. The van der Waals surface area contributed by atoms with Crippen molar-refractivity contribution in [1.82, 2.24) is 0 Å². The minimum atomic E-state index is 0.878. The molecule has 0 radical (unpaired) electrons. The van der Waals surface area contributed by atoms with Gasteiger partial charge in [-0.05, 0) is 19.8 Å². The van der Waals surface area contributed by atoms with Crippen LogP contribution in [-0.4, -0.2) is 0 Å². The molecule has 1 aliphatic carbocycles. The Hall–Kier alpha value is -0.390. The Morgan fingerprint density at radius 2 is 2.20 bits per heavy atom. The molecule has 0 saturated heterocycles. The average Bonchev–Trinajstić information content (AvgIpc) is 1.88. The summed E-state index contributed by atoms with van der Waals surface area (Å²) in [5.41, 5.74) is 1.58. The summed E-state index contributed by atoms with van der Waals surface area (Å²) in [5, 5.41) is 0. The zero-order valence-corrected chi connectivity index (χ0v) is 7.28. The molecule has 0 heteroatoms. The van der Waals surface area contributed by atoms with E-state index in [-0.39, 0.29) is 0 Å². The standard InChI is InChI=1S/C10H17/c1-8(2)10-6-4-9(3)5-7-10/h4,10H,5-7H2,1-3H3/q+1. The van der Waals surface area contributed by atoms with Crippen LogP contribution in [0.1, 0.15) is 40.0 Å². The lowest BCUT2D eigenvalue weighted by atomic mass is 9.83. The first kappa shape index (κ1) is 7.71. The van der Waals surface area contributed by atoms with E-state index in [2.05, 4.69) is 26.8 Å². The van der Waals surface area contributed by atoms with Crippen molar-refractivity contribution < 1.29 is 0 Å². The van der Waals surface area contributed by atoms with Crippen molar-refractivity contribution in [3.63, 3.8) is 0 Å². The van der Waals surface area contributed by atoms with Crippen LogP contribution in [0.2, 0.25) is 0 Å². The molecular weight excluding hydrogens is 120 g/mol. The molecule has 1 rings (SSSR count). The molecule has 0 aromatic rings. The van der Waals surface area contributed by atoms with Gasteiger partial charge in [-0.15, -0.1) is 0 Å². The van der Waals surface area contributed by atoms with Crippen LogP contribution >= 0.6 is 0 Å². The largest absolute Gasteiger partial charge is 0.103 e. The molecule has 56 valence electrons. The van der Waals surface area contributed by atoms with E-state index in [1.807, 2.05) is 0 Å². The number of allylic oxidation sites excluding steroid dienone is 2. The molecule has 1 atom stereocenters. The fourth-order valence-electron chi connectivity index (χ4n) is 1.49. The minimum Gasteiger partial charge on any atom is -0.0811 e. The molecule has 0 aliphatic heterocycles. The van der Waals surface area contributed by atoms with Crippen LogP contribution in [0.3, 0.4) is 0 Å². The molecule has 1 aliphatic rings. The normalized spacial score (nSPS) is 25.9. The molecule has 0 N–H and O–H groups in total. The maximum absolute atomic E-state index is 2.39. The van der Waals surface area contributed by atoms with Crippen molar-refractivity contribution in [3.05, 3.63) is 17.6 Å². The van der Waals surface area contributed by atoms with E-state index in [0.717, 1.165) is 5.92 Å². The molecule has 0 aromatic heterocycles. The second kappa shape index (κ2) is 3.14. The van der Waals surface area contributed by atoms with Gasteiger partial charge in [0.25, 0.3) is 0 Å². The first-order chi connectivity index (χ1) is 4.70. The van der Waals surface area contributed by atoms with Crippen LogP contribution in [0.4, 0.5) is 0 Å². The third-order valence-electron chi connectivity index (χ3n) is 2.45. The average molecular weight is 137 g/mol. The number of hydrogen-bond donors (Lipinski definition) is 0. The zero-order chi connectivity index (χ0) is 7.56. The Labute approximate surface area is 64.3 Å². The summed E-state index contributed by atoms with van der Waals surface area (Å²) in [6.45, 7) is 6.74. The summed E-state index contributed by atoms with van der Waals surface area (Å²) in [4.78, 5) is 0. The third kappa shape index (κ3) is 1.80. The van der Waals surface area contributed by atoms with Crippen molar-refractivity contribution in [2.45, 2.75) is 40.0 Å². The summed E-state index contributed by atoms with van der Waals surface area (Å²) in [6.07, 6.45) is 6.37. The van der Waals surface area contributed by atoms with Crippen molar-refractivity contribution in [2.75, 3.05) is 0 Å². The summed E-state index contributed by atoms with van der Waals surface area (Å²) in [7, 11) is 0. The Kier molecular flexibility index (Phi) is 2.42. The van der Waals surface area contributed by atoms with E-state index in [4.69, 9.17) is 0 Å². The van der Waals surface area contributed by atoms with Gasteiger partial charge in [-0.3, -0.25) is 0 Å². The van der Waals surface area contributed by atoms with Crippen molar-refractivity contribution in [1.29, 1.82) is 0 Å².